The summed E-state index contributed by atoms with van der Waals surface area (Å²) in [4.78, 5) is 4.75. The van der Waals surface area contributed by atoms with Gasteiger partial charge in [-0.3, -0.25) is 4.98 Å². The van der Waals surface area contributed by atoms with E-state index in [2.05, 4.69) is 18.7 Å². The molecule has 0 spiro atoms. The number of hydrogen-bond acceptors (Lipinski definition) is 1. The van der Waals surface area contributed by atoms with Crippen molar-refractivity contribution in [3.05, 3.63) is 46.6 Å². The molecule has 3 rings (SSSR count). The van der Waals surface area contributed by atoms with Crippen molar-refractivity contribution in [3.63, 3.8) is 0 Å². The van der Waals surface area contributed by atoms with Crippen molar-refractivity contribution in [2.24, 2.45) is 0 Å². The van der Waals surface area contributed by atoms with Gasteiger partial charge in [-0.25, -0.2) is 0 Å². The Morgan fingerprint density at radius 2 is 2.06 bits per heavy atom. The highest BCUT2D eigenvalue weighted by molar-refractivity contribution is 6.36. The lowest BCUT2D eigenvalue weighted by atomic mass is 9.94. The van der Waals surface area contributed by atoms with Crippen LogP contribution in [-0.2, 0) is 12.8 Å². The van der Waals surface area contributed by atoms with Gasteiger partial charge in [0.15, 0.2) is 0 Å². The molecule has 1 aliphatic rings. The van der Waals surface area contributed by atoms with Gasteiger partial charge in [-0.1, -0.05) is 36.4 Å². The second kappa shape index (κ2) is 4.15. The van der Waals surface area contributed by atoms with Gasteiger partial charge in [0, 0.05) is 11.1 Å². The fourth-order valence-corrected chi connectivity index (χ4v) is 2.87. The van der Waals surface area contributed by atoms with E-state index in [1.165, 1.54) is 24.1 Å². The lowest BCUT2D eigenvalue weighted by Crippen LogP contribution is -2.06. The van der Waals surface area contributed by atoms with Crippen molar-refractivity contribution < 1.29 is 0 Å². The van der Waals surface area contributed by atoms with Crippen LogP contribution in [0.2, 0.25) is 5.02 Å². The van der Waals surface area contributed by atoms with E-state index in [4.69, 9.17) is 16.6 Å². The molecule has 1 aromatic heterocycles. The molecule has 1 aliphatic carbocycles. The van der Waals surface area contributed by atoms with Crippen molar-refractivity contribution in [1.82, 2.24) is 4.98 Å². The zero-order chi connectivity index (χ0) is 11.8. The van der Waals surface area contributed by atoms with Gasteiger partial charge in [0.1, 0.15) is 0 Å². The Kier molecular flexibility index (Phi) is 2.64. The van der Waals surface area contributed by atoms with Crippen LogP contribution in [0.15, 0.2) is 24.8 Å². The molecule has 0 saturated heterocycles. The zero-order valence-corrected chi connectivity index (χ0v) is 10.4. The first-order chi connectivity index (χ1) is 8.29. The fraction of sp³-hybridized carbons (Fsp3) is 0.267. The maximum atomic E-state index is 6.49. The molecule has 0 amide bonds. The molecule has 1 heterocycles. The summed E-state index contributed by atoms with van der Waals surface area (Å²) in [5, 5.41) is 1.97. The minimum Gasteiger partial charge on any atom is -0.252 e. The van der Waals surface area contributed by atoms with E-state index in [9.17, 15) is 0 Å². The third-order valence-electron chi connectivity index (χ3n) is 3.45. The minimum absolute atomic E-state index is 0.903. The summed E-state index contributed by atoms with van der Waals surface area (Å²) >= 11 is 6.49. The van der Waals surface area contributed by atoms with Crippen LogP contribution in [0, 0.1) is 0 Å². The molecule has 0 bridgehead atoms. The molecule has 0 radical (unpaired) electrons. The number of nitrogens with zero attached hydrogens (tertiary/aromatic N) is 1. The van der Waals surface area contributed by atoms with E-state index in [0.717, 1.165) is 34.3 Å². The highest BCUT2D eigenvalue weighted by Crippen LogP contribution is 2.33. The van der Waals surface area contributed by atoms with Gasteiger partial charge in [0.25, 0.3) is 0 Å². The molecule has 86 valence electrons. The van der Waals surface area contributed by atoms with E-state index < -0.39 is 0 Å². The number of aromatic nitrogens is 1. The minimum atomic E-state index is 0.903. The molecule has 1 aromatic carbocycles. The smallest absolute Gasteiger partial charge is 0.0726 e. The predicted molar refractivity (Wildman–Crippen MR) is 73.5 cm³/mol. The lowest BCUT2D eigenvalue weighted by molar-refractivity contribution is 0.671. The Balaban J connectivity index is 2.31. The molecule has 0 saturated carbocycles. The van der Waals surface area contributed by atoms with Crippen molar-refractivity contribution in [1.29, 1.82) is 0 Å². The predicted octanol–water partition coefficient (Wildman–Crippen LogP) is 4.41. The number of fused-ring (bicyclic) bond motifs is 2. The van der Waals surface area contributed by atoms with Crippen LogP contribution in [0.4, 0.5) is 0 Å². The maximum absolute atomic E-state index is 6.49. The molecule has 0 aliphatic heterocycles. The summed E-state index contributed by atoms with van der Waals surface area (Å²) in [6.45, 7) is 3.79. The second-order valence-corrected chi connectivity index (χ2v) is 4.92. The Hall–Kier alpha value is -1.34. The highest BCUT2D eigenvalue weighted by atomic mass is 35.5. The Labute approximate surface area is 106 Å². The summed E-state index contributed by atoms with van der Waals surface area (Å²) in [6, 6.07) is 6.15. The first-order valence-electron chi connectivity index (χ1n) is 6.03. The normalized spacial score (nSPS) is 14.6. The molecule has 0 unspecified atom stereocenters. The van der Waals surface area contributed by atoms with Crippen molar-refractivity contribution in [2.45, 2.75) is 25.7 Å². The molecule has 17 heavy (non-hydrogen) atoms. The summed E-state index contributed by atoms with van der Waals surface area (Å²) in [7, 11) is 0. The topological polar surface area (TPSA) is 12.9 Å². The van der Waals surface area contributed by atoms with Crippen molar-refractivity contribution >= 4 is 28.6 Å². The first-order valence-corrected chi connectivity index (χ1v) is 6.41. The summed E-state index contributed by atoms with van der Waals surface area (Å²) in [5.74, 6) is 0. The Morgan fingerprint density at radius 1 is 1.24 bits per heavy atom. The van der Waals surface area contributed by atoms with Crippen LogP contribution in [-0.4, -0.2) is 4.98 Å². The molecule has 1 nitrogen and oxygen atoms in total. The molecule has 2 aromatic rings. The Bertz CT molecular complexity index is 601. The fourth-order valence-electron chi connectivity index (χ4n) is 2.51. The Morgan fingerprint density at radius 3 is 2.88 bits per heavy atom. The van der Waals surface area contributed by atoms with Gasteiger partial charge in [-0.2, -0.15) is 0 Å². The number of hydrogen-bond donors (Lipinski definition) is 0. The van der Waals surface area contributed by atoms with Crippen LogP contribution in [0.1, 0.15) is 29.7 Å². The molecule has 2 heteroatoms. The average Bonchev–Trinajstić information content (AvgIpc) is 2.38. The number of aryl methyl sites for hydroxylation is 1. The molecular weight excluding hydrogens is 230 g/mol. The van der Waals surface area contributed by atoms with Crippen LogP contribution in [0.3, 0.4) is 0 Å². The van der Waals surface area contributed by atoms with Crippen molar-refractivity contribution in [3.8, 4) is 0 Å². The van der Waals surface area contributed by atoms with Gasteiger partial charge >= 0.3 is 0 Å². The van der Waals surface area contributed by atoms with Crippen LogP contribution in [0.5, 0.6) is 0 Å². The number of benzene rings is 1. The van der Waals surface area contributed by atoms with E-state index in [1.807, 2.05) is 12.1 Å². The van der Waals surface area contributed by atoms with E-state index in [1.54, 1.807) is 0 Å². The van der Waals surface area contributed by atoms with Gasteiger partial charge in [0.2, 0.25) is 0 Å². The van der Waals surface area contributed by atoms with Gasteiger partial charge in [-0.15, -0.1) is 0 Å². The van der Waals surface area contributed by atoms with Gasteiger partial charge in [-0.05, 0) is 42.9 Å². The monoisotopic (exact) mass is 243 g/mol. The number of halogens is 1. The third-order valence-corrected chi connectivity index (χ3v) is 3.88. The summed E-state index contributed by atoms with van der Waals surface area (Å²) in [6.07, 6.45) is 6.42. The maximum Gasteiger partial charge on any atom is 0.0726 e. The summed E-state index contributed by atoms with van der Waals surface area (Å²) < 4.78 is 0. The number of pyridine rings is 1. The SMILES string of the molecule is C=Cc1ccc2c(Cl)c3c(nc2c1)CCCC3. The van der Waals surface area contributed by atoms with Gasteiger partial charge < -0.3 is 0 Å². The zero-order valence-electron chi connectivity index (χ0n) is 9.67. The number of rotatable bonds is 1. The lowest BCUT2D eigenvalue weighted by Gasteiger charge is -2.17. The van der Waals surface area contributed by atoms with E-state index in [0.29, 0.717) is 0 Å². The largest absolute Gasteiger partial charge is 0.252 e. The van der Waals surface area contributed by atoms with Gasteiger partial charge in [0.05, 0.1) is 10.5 Å². The standard InChI is InChI=1S/C15H14ClN/c1-2-10-7-8-12-14(9-10)17-13-6-4-3-5-11(13)15(12)16/h2,7-9H,1,3-6H2. The highest BCUT2D eigenvalue weighted by Gasteiger charge is 2.16. The van der Waals surface area contributed by atoms with Crippen LogP contribution in [0.25, 0.3) is 17.0 Å². The summed E-state index contributed by atoms with van der Waals surface area (Å²) in [5.41, 5.74) is 4.54. The third kappa shape index (κ3) is 1.75. The molecule has 0 atom stereocenters. The second-order valence-electron chi connectivity index (χ2n) is 4.54. The van der Waals surface area contributed by atoms with Crippen LogP contribution >= 0.6 is 11.6 Å². The molecular formula is C15H14ClN. The molecule has 0 fully saturated rings. The quantitative estimate of drug-likeness (QED) is 0.723. The van der Waals surface area contributed by atoms with Crippen LogP contribution < -0.4 is 0 Å². The van der Waals surface area contributed by atoms with E-state index >= 15 is 0 Å². The molecule has 0 N–H and O–H groups in total. The van der Waals surface area contributed by atoms with Crippen molar-refractivity contribution in [2.75, 3.05) is 0 Å². The first kappa shape index (κ1) is 10.8. The van der Waals surface area contributed by atoms with E-state index in [-0.39, 0.29) is 0 Å². The average molecular weight is 244 g/mol.